The zero-order valence-electron chi connectivity index (χ0n) is 10.5. The van der Waals surface area contributed by atoms with Gasteiger partial charge in [0.25, 0.3) is 0 Å². The van der Waals surface area contributed by atoms with Crippen molar-refractivity contribution in [2.45, 2.75) is 39.2 Å². The minimum Gasteiger partial charge on any atom is -0.269 e. The van der Waals surface area contributed by atoms with E-state index in [1.807, 2.05) is 4.68 Å². The highest BCUT2D eigenvalue weighted by atomic mass is 19.1. The van der Waals surface area contributed by atoms with Gasteiger partial charge in [0.1, 0.15) is 0 Å². The Bertz CT molecular complexity index is 571. The Kier molecular flexibility index (Phi) is 2.61. The van der Waals surface area contributed by atoms with E-state index in [0.717, 1.165) is 30.6 Å². The fraction of sp³-hybridized carbons (Fsp3) is 0.462. The summed E-state index contributed by atoms with van der Waals surface area (Å²) in [6, 6.07) is 0. The molecule has 0 aliphatic carbocycles. The maximum Gasteiger partial charge on any atom is 0.163 e. The molecule has 2 aromatic rings. The molecule has 94 valence electrons. The quantitative estimate of drug-likeness (QED) is 0.818. The molecule has 0 bridgehead atoms. The van der Waals surface area contributed by atoms with E-state index in [1.165, 1.54) is 18.1 Å². The lowest BCUT2D eigenvalue weighted by Crippen LogP contribution is -1.98. The van der Waals surface area contributed by atoms with Gasteiger partial charge >= 0.3 is 0 Å². The topological polar surface area (TPSA) is 43.6 Å². The van der Waals surface area contributed by atoms with Gasteiger partial charge in [0, 0.05) is 12.2 Å². The summed E-state index contributed by atoms with van der Waals surface area (Å²) in [7, 11) is 0. The minimum absolute atomic E-state index is 0.312. The van der Waals surface area contributed by atoms with Crippen LogP contribution in [0.5, 0.6) is 0 Å². The van der Waals surface area contributed by atoms with E-state index >= 15 is 0 Å². The van der Waals surface area contributed by atoms with Crippen LogP contribution >= 0.6 is 0 Å². The fourth-order valence-corrected chi connectivity index (χ4v) is 2.44. The second-order valence-electron chi connectivity index (χ2n) is 4.91. The lowest BCUT2D eigenvalue weighted by Gasteiger charge is -2.05. The standard InChI is InChI=1S/C13H15FN4/c1-8(2)12-11(10-4-3-5-18(10)17-12)13-15-6-9(14)7-16-13/h6-8H,3-5H2,1-2H3. The Morgan fingerprint density at radius 2 is 2.00 bits per heavy atom. The molecule has 0 spiro atoms. The first-order valence-corrected chi connectivity index (χ1v) is 6.24. The van der Waals surface area contributed by atoms with Crippen molar-refractivity contribution >= 4 is 0 Å². The van der Waals surface area contributed by atoms with Crippen LogP contribution in [-0.2, 0) is 13.0 Å². The molecule has 5 heteroatoms. The van der Waals surface area contributed by atoms with Crippen LogP contribution in [0.2, 0.25) is 0 Å². The van der Waals surface area contributed by atoms with Crippen molar-refractivity contribution in [3.63, 3.8) is 0 Å². The number of nitrogens with zero attached hydrogens (tertiary/aromatic N) is 4. The van der Waals surface area contributed by atoms with Crippen LogP contribution in [0.4, 0.5) is 4.39 Å². The van der Waals surface area contributed by atoms with Crippen molar-refractivity contribution in [2.24, 2.45) is 0 Å². The highest BCUT2D eigenvalue weighted by Gasteiger charge is 2.25. The van der Waals surface area contributed by atoms with Crippen molar-refractivity contribution in [3.05, 3.63) is 29.6 Å². The third kappa shape index (κ3) is 1.70. The zero-order valence-corrected chi connectivity index (χ0v) is 10.5. The van der Waals surface area contributed by atoms with E-state index in [9.17, 15) is 4.39 Å². The summed E-state index contributed by atoms with van der Waals surface area (Å²) in [4.78, 5) is 8.20. The molecule has 0 amide bonds. The first kappa shape index (κ1) is 11.3. The number of halogens is 1. The van der Waals surface area contributed by atoms with E-state index in [2.05, 4.69) is 28.9 Å². The van der Waals surface area contributed by atoms with E-state index in [1.54, 1.807) is 0 Å². The number of hydrogen-bond acceptors (Lipinski definition) is 3. The van der Waals surface area contributed by atoms with Gasteiger partial charge in [0.2, 0.25) is 0 Å². The first-order chi connectivity index (χ1) is 8.66. The molecular weight excluding hydrogens is 231 g/mol. The van der Waals surface area contributed by atoms with Crippen LogP contribution < -0.4 is 0 Å². The molecule has 0 radical (unpaired) electrons. The molecule has 0 fully saturated rings. The average Bonchev–Trinajstić information content (AvgIpc) is 2.90. The first-order valence-electron chi connectivity index (χ1n) is 6.24. The summed E-state index contributed by atoms with van der Waals surface area (Å²) in [6.07, 6.45) is 4.53. The number of fused-ring (bicyclic) bond motifs is 1. The van der Waals surface area contributed by atoms with Gasteiger partial charge in [-0.1, -0.05) is 13.8 Å². The monoisotopic (exact) mass is 246 g/mol. The third-order valence-electron chi connectivity index (χ3n) is 3.26. The number of rotatable bonds is 2. The van der Waals surface area contributed by atoms with Crippen LogP contribution in [0.15, 0.2) is 12.4 Å². The summed E-state index contributed by atoms with van der Waals surface area (Å²) in [6.45, 7) is 5.16. The van der Waals surface area contributed by atoms with Gasteiger partial charge in [0.05, 0.1) is 23.7 Å². The average molecular weight is 246 g/mol. The number of hydrogen-bond donors (Lipinski definition) is 0. The number of aryl methyl sites for hydroxylation is 1. The molecule has 1 aliphatic heterocycles. The molecule has 3 rings (SSSR count). The third-order valence-corrected chi connectivity index (χ3v) is 3.26. The molecule has 1 aliphatic rings. The fourth-order valence-electron chi connectivity index (χ4n) is 2.44. The minimum atomic E-state index is -0.409. The Balaban J connectivity index is 2.17. The lowest BCUT2D eigenvalue weighted by molar-refractivity contribution is 0.614. The molecule has 0 unspecified atom stereocenters. The van der Waals surface area contributed by atoms with E-state index in [0.29, 0.717) is 11.7 Å². The number of aromatic nitrogens is 4. The predicted molar refractivity (Wildman–Crippen MR) is 65.6 cm³/mol. The summed E-state index contributed by atoms with van der Waals surface area (Å²) < 4.78 is 15.0. The summed E-state index contributed by atoms with van der Waals surface area (Å²) >= 11 is 0. The van der Waals surface area contributed by atoms with E-state index in [-0.39, 0.29) is 0 Å². The summed E-state index contributed by atoms with van der Waals surface area (Å²) in [5, 5.41) is 4.63. The molecule has 0 aromatic carbocycles. The van der Waals surface area contributed by atoms with Gasteiger partial charge in [-0.15, -0.1) is 0 Å². The SMILES string of the molecule is CC(C)c1nn2c(c1-c1ncc(F)cn1)CCC2. The van der Waals surface area contributed by atoms with Gasteiger partial charge in [0.15, 0.2) is 11.6 Å². The molecular formula is C13H15FN4. The highest BCUT2D eigenvalue weighted by Crippen LogP contribution is 2.33. The summed E-state index contributed by atoms with van der Waals surface area (Å²) in [5.41, 5.74) is 3.20. The maximum atomic E-state index is 12.9. The van der Waals surface area contributed by atoms with E-state index < -0.39 is 5.82 Å². The van der Waals surface area contributed by atoms with Crippen LogP contribution in [0.3, 0.4) is 0 Å². The molecule has 2 aromatic heterocycles. The molecule has 0 saturated carbocycles. The smallest absolute Gasteiger partial charge is 0.163 e. The van der Waals surface area contributed by atoms with E-state index in [4.69, 9.17) is 0 Å². The lowest BCUT2D eigenvalue weighted by atomic mass is 10.0. The summed E-state index contributed by atoms with van der Waals surface area (Å²) in [5.74, 6) is 0.490. The molecule has 0 saturated heterocycles. The van der Waals surface area contributed by atoms with Crippen LogP contribution in [-0.4, -0.2) is 19.7 Å². The molecule has 0 N–H and O–H groups in total. The normalized spacial score (nSPS) is 14.2. The molecule has 4 nitrogen and oxygen atoms in total. The highest BCUT2D eigenvalue weighted by molar-refractivity contribution is 5.63. The Morgan fingerprint density at radius 1 is 1.28 bits per heavy atom. The molecule has 18 heavy (non-hydrogen) atoms. The van der Waals surface area contributed by atoms with Gasteiger partial charge in [-0.05, 0) is 18.8 Å². The second-order valence-corrected chi connectivity index (χ2v) is 4.91. The predicted octanol–water partition coefficient (Wildman–Crippen LogP) is 2.55. The van der Waals surface area contributed by atoms with Crippen molar-refractivity contribution in [1.29, 1.82) is 0 Å². The Hall–Kier alpha value is -1.78. The Labute approximate surface area is 105 Å². The van der Waals surface area contributed by atoms with Gasteiger partial charge in [-0.2, -0.15) is 5.10 Å². The van der Waals surface area contributed by atoms with Gasteiger partial charge in [-0.3, -0.25) is 4.68 Å². The van der Waals surface area contributed by atoms with Crippen LogP contribution in [0.25, 0.3) is 11.4 Å². The van der Waals surface area contributed by atoms with Crippen molar-refractivity contribution in [1.82, 2.24) is 19.7 Å². The van der Waals surface area contributed by atoms with Crippen LogP contribution in [0.1, 0.15) is 37.6 Å². The van der Waals surface area contributed by atoms with Gasteiger partial charge in [-0.25, -0.2) is 14.4 Å². The zero-order chi connectivity index (χ0) is 12.7. The largest absolute Gasteiger partial charge is 0.269 e. The van der Waals surface area contributed by atoms with Crippen molar-refractivity contribution < 1.29 is 4.39 Å². The second kappa shape index (κ2) is 4.15. The molecule has 3 heterocycles. The van der Waals surface area contributed by atoms with Gasteiger partial charge < -0.3 is 0 Å². The maximum absolute atomic E-state index is 12.9. The van der Waals surface area contributed by atoms with Crippen LogP contribution in [0, 0.1) is 5.82 Å². The molecule has 0 atom stereocenters. The Morgan fingerprint density at radius 3 is 2.67 bits per heavy atom. The van der Waals surface area contributed by atoms with Crippen molar-refractivity contribution in [3.8, 4) is 11.4 Å². The van der Waals surface area contributed by atoms with Crippen molar-refractivity contribution in [2.75, 3.05) is 0 Å².